The molecule has 0 aliphatic heterocycles. The van der Waals surface area contributed by atoms with E-state index in [1.165, 1.54) is 0 Å². The van der Waals surface area contributed by atoms with Crippen LogP contribution in [-0.4, -0.2) is 0 Å². The number of rotatable bonds is 4. The topological polar surface area (TPSA) is 38.0 Å². The molecule has 0 saturated heterocycles. The van der Waals surface area contributed by atoms with Crippen LogP contribution in [0.5, 0.6) is 0 Å². The lowest BCUT2D eigenvalue weighted by Gasteiger charge is -2.15. The van der Waals surface area contributed by atoms with E-state index in [-0.39, 0.29) is 11.9 Å². The first-order valence-corrected chi connectivity index (χ1v) is 6.40. The highest BCUT2D eigenvalue weighted by Crippen LogP contribution is 2.18. The average molecular weight is 258 g/mol. The highest BCUT2D eigenvalue weighted by Gasteiger charge is 2.08. The van der Waals surface area contributed by atoms with Crippen molar-refractivity contribution in [3.63, 3.8) is 0 Å². The van der Waals surface area contributed by atoms with Gasteiger partial charge in [-0.2, -0.15) is 0 Å². The molecule has 0 amide bonds. The van der Waals surface area contributed by atoms with Crippen molar-refractivity contribution >= 4 is 5.69 Å². The molecule has 3 N–H and O–H groups in total. The molecule has 0 aliphatic carbocycles. The molecule has 2 rings (SSSR count). The molecule has 0 radical (unpaired) electrons. The van der Waals surface area contributed by atoms with E-state index < -0.39 is 0 Å². The Bertz CT molecular complexity index is 566. The van der Waals surface area contributed by atoms with Gasteiger partial charge in [0.15, 0.2) is 0 Å². The first-order valence-electron chi connectivity index (χ1n) is 6.40. The first-order chi connectivity index (χ1) is 9.08. The van der Waals surface area contributed by atoms with Gasteiger partial charge in [-0.1, -0.05) is 30.3 Å². The number of nitrogens with one attached hydrogen (secondary N) is 1. The quantitative estimate of drug-likeness (QED) is 0.823. The van der Waals surface area contributed by atoms with Crippen LogP contribution in [0, 0.1) is 12.7 Å². The molecule has 0 bridgehead atoms. The predicted octanol–water partition coefficient (Wildman–Crippen LogP) is 3.57. The molecule has 0 aliphatic rings. The van der Waals surface area contributed by atoms with Crippen LogP contribution in [0.3, 0.4) is 0 Å². The molecule has 0 spiro atoms. The summed E-state index contributed by atoms with van der Waals surface area (Å²) in [4.78, 5) is 0. The molecule has 19 heavy (non-hydrogen) atoms. The zero-order chi connectivity index (χ0) is 13.8. The summed E-state index contributed by atoms with van der Waals surface area (Å²) in [5.74, 6) is -0.162. The number of hydrogen-bond acceptors (Lipinski definition) is 2. The maximum Gasteiger partial charge on any atom is 0.126 e. The molecule has 3 heteroatoms. The minimum absolute atomic E-state index is 0.0784. The van der Waals surface area contributed by atoms with Gasteiger partial charge in [-0.05, 0) is 42.7 Å². The van der Waals surface area contributed by atoms with Crippen molar-refractivity contribution in [2.45, 2.75) is 26.4 Å². The van der Waals surface area contributed by atoms with Crippen molar-refractivity contribution in [3.8, 4) is 0 Å². The van der Waals surface area contributed by atoms with Gasteiger partial charge in [0.2, 0.25) is 0 Å². The van der Waals surface area contributed by atoms with E-state index in [1.54, 1.807) is 19.1 Å². The normalized spacial score (nSPS) is 12.4. The molecular formula is C16H19FN2. The van der Waals surface area contributed by atoms with Crippen LogP contribution < -0.4 is 11.1 Å². The molecule has 2 aromatic carbocycles. The number of nitrogen functional groups attached to an aromatic ring is 1. The number of halogens is 1. The Labute approximate surface area is 113 Å². The molecule has 1 unspecified atom stereocenters. The molecule has 0 fully saturated rings. The fourth-order valence-electron chi connectivity index (χ4n) is 1.95. The minimum Gasteiger partial charge on any atom is -0.398 e. The second-order valence-corrected chi connectivity index (χ2v) is 4.81. The summed E-state index contributed by atoms with van der Waals surface area (Å²) in [6, 6.07) is 13.2. The third kappa shape index (κ3) is 3.32. The first kappa shape index (κ1) is 13.6. The maximum atomic E-state index is 13.5. The van der Waals surface area contributed by atoms with Gasteiger partial charge in [-0.25, -0.2) is 4.39 Å². The van der Waals surface area contributed by atoms with Crippen LogP contribution in [0.15, 0.2) is 42.5 Å². The van der Waals surface area contributed by atoms with E-state index in [1.807, 2.05) is 37.3 Å². The number of nitrogens with two attached hydrogens (primary N) is 1. The SMILES string of the molecule is Cc1ccc(C(C)NCc2ccccc2N)cc1F. The van der Waals surface area contributed by atoms with Crippen molar-refractivity contribution < 1.29 is 4.39 Å². The lowest BCUT2D eigenvalue weighted by molar-refractivity contribution is 0.564. The van der Waals surface area contributed by atoms with Gasteiger partial charge >= 0.3 is 0 Å². The maximum absolute atomic E-state index is 13.5. The number of anilines is 1. The highest BCUT2D eigenvalue weighted by molar-refractivity contribution is 5.46. The Hall–Kier alpha value is -1.87. The summed E-state index contributed by atoms with van der Waals surface area (Å²) in [5, 5.41) is 3.36. The van der Waals surface area contributed by atoms with Crippen LogP contribution in [-0.2, 0) is 6.54 Å². The van der Waals surface area contributed by atoms with Crippen LogP contribution in [0.1, 0.15) is 29.7 Å². The van der Waals surface area contributed by atoms with Gasteiger partial charge < -0.3 is 11.1 Å². The van der Waals surface area contributed by atoms with E-state index in [0.29, 0.717) is 12.1 Å². The summed E-state index contributed by atoms with van der Waals surface area (Å²) in [6.45, 7) is 4.45. The monoisotopic (exact) mass is 258 g/mol. The minimum atomic E-state index is -0.162. The van der Waals surface area contributed by atoms with Gasteiger partial charge in [0.05, 0.1) is 0 Å². The molecule has 0 heterocycles. The number of benzene rings is 2. The Morgan fingerprint density at radius 2 is 1.95 bits per heavy atom. The Kier molecular flexibility index (Phi) is 4.17. The number of hydrogen-bond donors (Lipinski definition) is 2. The fourth-order valence-corrected chi connectivity index (χ4v) is 1.95. The van der Waals surface area contributed by atoms with Gasteiger partial charge in [-0.15, -0.1) is 0 Å². The standard InChI is InChI=1S/C16H19FN2/c1-11-7-8-13(9-15(11)17)12(2)19-10-14-5-3-4-6-16(14)18/h3-9,12,19H,10,18H2,1-2H3. The second kappa shape index (κ2) is 5.85. The van der Waals surface area contributed by atoms with Crippen molar-refractivity contribution in [1.29, 1.82) is 0 Å². The van der Waals surface area contributed by atoms with Gasteiger partial charge in [0.1, 0.15) is 5.82 Å². The fraction of sp³-hybridized carbons (Fsp3) is 0.250. The van der Waals surface area contributed by atoms with Gasteiger partial charge in [-0.3, -0.25) is 0 Å². The smallest absolute Gasteiger partial charge is 0.126 e. The van der Waals surface area contributed by atoms with E-state index >= 15 is 0 Å². The third-order valence-electron chi connectivity index (χ3n) is 3.35. The number of aryl methyl sites for hydroxylation is 1. The zero-order valence-electron chi connectivity index (χ0n) is 11.3. The molecular weight excluding hydrogens is 239 g/mol. The lowest BCUT2D eigenvalue weighted by atomic mass is 10.1. The van der Waals surface area contributed by atoms with Crippen LogP contribution in [0.4, 0.5) is 10.1 Å². The van der Waals surface area contributed by atoms with Crippen LogP contribution in [0.2, 0.25) is 0 Å². The molecule has 0 aromatic heterocycles. The summed E-state index contributed by atoms with van der Waals surface area (Å²) in [7, 11) is 0. The molecule has 1 atom stereocenters. The van der Waals surface area contributed by atoms with Gasteiger partial charge in [0.25, 0.3) is 0 Å². The largest absolute Gasteiger partial charge is 0.398 e. The molecule has 2 nitrogen and oxygen atoms in total. The Morgan fingerprint density at radius 1 is 1.21 bits per heavy atom. The van der Waals surface area contributed by atoms with E-state index in [0.717, 1.165) is 16.8 Å². The summed E-state index contributed by atoms with van der Waals surface area (Å²) in [5.41, 5.74) is 9.33. The third-order valence-corrected chi connectivity index (χ3v) is 3.35. The average Bonchev–Trinajstić information content (AvgIpc) is 2.40. The molecule has 100 valence electrons. The molecule has 0 saturated carbocycles. The summed E-state index contributed by atoms with van der Waals surface area (Å²) < 4.78 is 13.5. The van der Waals surface area contributed by atoms with E-state index in [9.17, 15) is 4.39 Å². The van der Waals surface area contributed by atoms with E-state index in [4.69, 9.17) is 5.73 Å². The van der Waals surface area contributed by atoms with Crippen molar-refractivity contribution in [2.24, 2.45) is 0 Å². The van der Waals surface area contributed by atoms with Crippen LogP contribution >= 0.6 is 0 Å². The van der Waals surface area contributed by atoms with E-state index in [2.05, 4.69) is 5.32 Å². The van der Waals surface area contributed by atoms with Gasteiger partial charge in [0, 0.05) is 18.3 Å². The Morgan fingerprint density at radius 3 is 2.63 bits per heavy atom. The van der Waals surface area contributed by atoms with Crippen molar-refractivity contribution in [3.05, 3.63) is 65.0 Å². The van der Waals surface area contributed by atoms with Crippen LogP contribution in [0.25, 0.3) is 0 Å². The Balaban J connectivity index is 2.03. The molecule has 2 aromatic rings. The second-order valence-electron chi connectivity index (χ2n) is 4.81. The lowest BCUT2D eigenvalue weighted by Crippen LogP contribution is -2.19. The van der Waals surface area contributed by atoms with Crippen molar-refractivity contribution in [1.82, 2.24) is 5.32 Å². The predicted molar refractivity (Wildman–Crippen MR) is 77.2 cm³/mol. The van der Waals surface area contributed by atoms with Crippen molar-refractivity contribution in [2.75, 3.05) is 5.73 Å². The number of para-hydroxylation sites is 1. The summed E-state index contributed by atoms with van der Waals surface area (Å²) >= 11 is 0. The highest BCUT2D eigenvalue weighted by atomic mass is 19.1. The summed E-state index contributed by atoms with van der Waals surface area (Å²) in [6.07, 6.45) is 0. The zero-order valence-corrected chi connectivity index (χ0v) is 11.3.